The van der Waals surface area contributed by atoms with Gasteiger partial charge in [0.1, 0.15) is 6.04 Å². The highest BCUT2D eigenvalue weighted by Gasteiger charge is 2.14. The van der Waals surface area contributed by atoms with Crippen molar-refractivity contribution >= 4 is 23.1 Å². The topological polar surface area (TPSA) is 76.7 Å². The van der Waals surface area contributed by atoms with E-state index in [0.29, 0.717) is 29.4 Å². The van der Waals surface area contributed by atoms with Crippen LogP contribution < -0.4 is 20.1 Å². The Morgan fingerprint density at radius 1 is 1.04 bits per heavy atom. The second-order valence-corrected chi connectivity index (χ2v) is 5.79. The lowest BCUT2D eigenvalue weighted by atomic mass is 10.1. The summed E-state index contributed by atoms with van der Waals surface area (Å²) in [6, 6.07) is 11.7. The molecule has 0 fully saturated rings. The van der Waals surface area contributed by atoms with Crippen LogP contribution in [0.4, 0.5) is 11.4 Å². The summed E-state index contributed by atoms with van der Waals surface area (Å²) < 4.78 is 10.8. The van der Waals surface area contributed by atoms with Crippen molar-refractivity contribution in [2.24, 2.45) is 0 Å². The molecule has 0 aromatic heterocycles. The van der Waals surface area contributed by atoms with Crippen LogP contribution in [0, 0.1) is 0 Å². The minimum Gasteiger partial charge on any atom is -0.493 e. The second-order valence-electron chi connectivity index (χ2n) is 5.79. The maximum Gasteiger partial charge on any atom is 0.246 e. The Hall–Kier alpha value is -3.02. The molecule has 0 heterocycles. The first kappa shape index (κ1) is 19.3. The third-order valence-electron chi connectivity index (χ3n) is 3.80. The molecule has 0 aliphatic heterocycles. The quantitative estimate of drug-likeness (QED) is 0.705. The lowest BCUT2D eigenvalue weighted by Gasteiger charge is -2.17. The summed E-state index contributed by atoms with van der Waals surface area (Å²) in [5.74, 6) is 1.06. The first-order valence-corrected chi connectivity index (χ1v) is 8.43. The minimum atomic E-state index is -0.467. The van der Waals surface area contributed by atoms with Crippen LogP contribution in [-0.4, -0.2) is 31.4 Å². The van der Waals surface area contributed by atoms with Crippen LogP contribution in [0.5, 0.6) is 11.5 Å². The van der Waals surface area contributed by atoms with Crippen LogP contribution in [0.25, 0.3) is 0 Å². The zero-order valence-electron chi connectivity index (χ0n) is 15.5. The van der Waals surface area contributed by atoms with Crippen molar-refractivity contribution in [2.75, 3.05) is 24.4 Å². The molecule has 2 aromatic carbocycles. The number of amides is 1. The Labute approximate surface area is 153 Å². The van der Waals surface area contributed by atoms with Gasteiger partial charge in [0.15, 0.2) is 17.3 Å². The van der Waals surface area contributed by atoms with Gasteiger partial charge in [0, 0.05) is 23.0 Å². The normalized spacial score (nSPS) is 11.4. The lowest BCUT2D eigenvalue weighted by molar-refractivity contribution is -0.116. The standard InChI is InChI=1S/C20H24N2O4/c1-5-26-18-11-10-17(12-19(18)25-4)21-13(2)20(24)22-16-8-6-15(7-9-16)14(3)23/h6-13,21H,5H2,1-4H3,(H,22,24)/t13-/m1/s1. The van der Waals surface area contributed by atoms with Gasteiger partial charge in [-0.05, 0) is 57.2 Å². The predicted molar refractivity (Wildman–Crippen MR) is 102 cm³/mol. The molecule has 6 nitrogen and oxygen atoms in total. The third-order valence-corrected chi connectivity index (χ3v) is 3.80. The van der Waals surface area contributed by atoms with Crippen LogP contribution in [0.1, 0.15) is 31.1 Å². The minimum absolute atomic E-state index is 0.0117. The number of ether oxygens (including phenoxy) is 2. The molecule has 2 rings (SSSR count). The first-order chi connectivity index (χ1) is 12.4. The number of methoxy groups -OCH3 is 1. The number of carbonyl (C=O) groups excluding carboxylic acids is 2. The van der Waals surface area contributed by atoms with Crippen molar-refractivity contribution < 1.29 is 19.1 Å². The molecule has 0 unspecified atom stereocenters. The fourth-order valence-electron chi connectivity index (χ4n) is 2.39. The molecule has 0 radical (unpaired) electrons. The van der Waals surface area contributed by atoms with E-state index in [1.807, 2.05) is 13.0 Å². The zero-order valence-corrected chi connectivity index (χ0v) is 15.5. The molecule has 1 atom stereocenters. The molecule has 0 bridgehead atoms. The molecule has 0 saturated heterocycles. The number of hydrogen-bond donors (Lipinski definition) is 2. The Bertz CT molecular complexity index is 772. The second kappa shape index (κ2) is 8.89. The summed E-state index contributed by atoms with van der Waals surface area (Å²) in [7, 11) is 1.57. The summed E-state index contributed by atoms with van der Waals surface area (Å²) >= 11 is 0. The molecule has 0 aliphatic carbocycles. The summed E-state index contributed by atoms with van der Waals surface area (Å²) in [4.78, 5) is 23.7. The Morgan fingerprint density at radius 3 is 2.27 bits per heavy atom. The van der Waals surface area contributed by atoms with Crippen LogP contribution >= 0.6 is 0 Å². The zero-order chi connectivity index (χ0) is 19.1. The molecule has 0 spiro atoms. The van der Waals surface area contributed by atoms with Crippen molar-refractivity contribution in [2.45, 2.75) is 26.8 Å². The van der Waals surface area contributed by atoms with Gasteiger partial charge in [0.25, 0.3) is 0 Å². The summed E-state index contributed by atoms with van der Waals surface area (Å²) in [6.45, 7) is 5.72. The Morgan fingerprint density at radius 2 is 1.69 bits per heavy atom. The number of ketones is 1. The van der Waals surface area contributed by atoms with Crippen molar-refractivity contribution in [1.29, 1.82) is 0 Å². The number of rotatable bonds is 8. The molecule has 6 heteroatoms. The third kappa shape index (κ3) is 4.99. The van der Waals surface area contributed by atoms with Gasteiger partial charge in [-0.15, -0.1) is 0 Å². The van der Waals surface area contributed by atoms with Gasteiger partial charge in [-0.1, -0.05) is 0 Å². The highest BCUT2D eigenvalue weighted by Crippen LogP contribution is 2.30. The van der Waals surface area contributed by atoms with E-state index in [1.165, 1.54) is 6.92 Å². The van der Waals surface area contributed by atoms with E-state index in [2.05, 4.69) is 10.6 Å². The average Bonchev–Trinajstić information content (AvgIpc) is 2.63. The number of hydrogen-bond acceptors (Lipinski definition) is 5. The van der Waals surface area contributed by atoms with Gasteiger partial charge in [-0.3, -0.25) is 9.59 Å². The maximum atomic E-state index is 12.4. The number of carbonyl (C=O) groups is 2. The molecule has 0 saturated carbocycles. The van der Waals surface area contributed by atoms with Crippen LogP contribution in [0.2, 0.25) is 0 Å². The molecule has 0 aliphatic rings. The first-order valence-electron chi connectivity index (χ1n) is 8.43. The maximum absolute atomic E-state index is 12.4. The lowest BCUT2D eigenvalue weighted by Crippen LogP contribution is -2.31. The van der Waals surface area contributed by atoms with Gasteiger partial charge in [-0.25, -0.2) is 0 Å². The SMILES string of the molecule is CCOc1ccc(N[C@H](C)C(=O)Nc2ccc(C(C)=O)cc2)cc1OC. The van der Waals surface area contributed by atoms with Crippen LogP contribution in [0.3, 0.4) is 0 Å². The van der Waals surface area contributed by atoms with E-state index in [-0.39, 0.29) is 11.7 Å². The fourth-order valence-corrected chi connectivity index (χ4v) is 2.39. The number of benzene rings is 2. The van der Waals surface area contributed by atoms with Gasteiger partial charge < -0.3 is 20.1 Å². The van der Waals surface area contributed by atoms with Gasteiger partial charge in [0.2, 0.25) is 5.91 Å². The summed E-state index contributed by atoms with van der Waals surface area (Å²) in [5, 5.41) is 5.95. The molecular formula is C20H24N2O4. The van der Waals surface area contributed by atoms with E-state index < -0.39 is 6.04 Å². The van der Waals surface area contributed by atoms with Crippen molar-refractivity contribution in [3.8, 4) is 11.5 Å². The van der Waals surface area contributed by atoms with Crippen molar-refractivity contribution in [3.63, 3.8) is 0 Å². The Balaban J connectivity index is 2.01. The number of nitrogens with one attached hydrogen (secondary N) is 2. The van der Waals surface area contributed by atoms with Crippen molar-refractivity contribution in [1.82, 2.24) is 0 Å². The number of Topliss-reactive ketones (excluding diaryl/α,β-unsaturated/α-hetero) is 1. The molecule has 2 N–H and O–H groups in total. The van der Waals surface area contributed by atoms with E-state index in [4.69, 9.17) is 9.47 Å². The van der Waals surface area contributed by atoms with Gasteiger partial charge >= 0.3 is 0 Å². The van der Waals surface area contributed by atoms with Gasteiger partial charge in [-0.2, -0.15) is 0 Å². The molecule has 2 aromatic rings. The van der Waals surface area contributed by atoms with Crippen LogP contribution in [-0.2, 0) is 4.79 Å². The number of anilines is 2. The van der Waals surface area contributed by atoms with Crippen molar-refractivity contribution in [3.05, 3.63) is 48.0 Å². The highest BCUT2D eigenvalue weighted by molar-refractivity contribution is 5.98. The Kier molecular flexibility index (Phi) is 6.60. The highest BCUT2D eigenvalue weighted by atomic mass is 16.5. The average molecular weight is 356 g/mol. The largest absolute Gasteiger partial charge is 0.493 e. The molecule has 26 heavy (non-hydrogen) atoms. The smallest absolute Gasteiger partial charge is 0.246 e. The summed E-state index contributed by atoms with van der Waals surface area (Å²) in [6.07, 6.45) is 0. The van der Waals surface area contributed by atoms with Crippen LogP contribution in [0.15, 0.2) is 42.5 Å². The monoisotopic (exact) mass is 356 g/mol. The predicted octanol–water partition coefficient (Wildman–Crippen LogP) is 3.74. The van der Waals surface area contributed by atoms with E-state index in [1.54, 1.807) is 50.4 Å². The molecule has 1 amide bonds. The molecular weight excluding hydrogens is 332 g/mol. The van der Waals surface area contributed by atoms with E-state index in [9.17, 15) is 9.59 Å². The summed E-state index contributed by atoms with van der Waals surface area (Å²) in [5.41, 5.74) is 1.99. The van der Waals surface area contributed by atoms with E-state index in [0.717, 1.165) is 5.69 Å². The fraction of sp³-hybridized carbons (Fsp3) is 0.300. The van der Waals surface area contributed by atoms with Gasteiger partial charge in [0.05, 0.1) is 13.7 Å². The van der Waals surface area contributed by atoms with E-state index >= 15 is 0 Å². The molecule has 138 valence electrons.